The van der Waals surface area contributed by atoms with Gasteiger partial charge in [0.25, 0.3) is 5.91 Å². The summed E-state index contributed by atoms with van der Waals surface area (Å²) in [6, 6.07) is 11.6. The van der Waals surface area contributed by atoms with Gasteiger partial charge in [-0.25, -0.2) is 14.1 Å². The number of halogens is 1. The van der Waals surface area contributed by atoms with Gasteiger partial charge in [0.1, 0.15) is 28.8 Å². The summed E-state index contributed by atoms with van der Waals surface area (Å²) in [5, 5.41) is 7.03. The SMILES string of the molecule is C=Nc1cc(OC)c(OC)cc1/C(=C\C)Oc1ccc(NC(=O)c2nn(-c3ccc(C(C)C)cc3F)cc2OCC)nc1. The maximum Gasteiger partial charge on any atom is 0.281 e. The summed E-state index contributed by atoms with van der Waals surface area (Å²) in [6.07, 6.45) is 4.72. The first kappa shape index (κ1) is 30.8. The highest BCUT2D eigenvalue weighted by Crippen LogP contribution is 2.38. The van der Waals surface area contributed by atoms with Crippen LogP contribution in [-0.4, -0.2) is 48.2 Å². The summed E-state index contributed by atoms with van der Waals surface area (Å²) < 4.78 is 38.7. The molecule has 0 aliphatic carbocycles. The number of hydrogen-bond acceptors (Lipinski definition) is 8. The van der Waals surface area contributed by atoms with E-state index in [0.717, 1.165) is 5.56 Å². The standard InChI is InChI=1S/C32H34FN5O5/c1-8-26(22-15-27(40-6)28(41-7)16-24(22)34-5)43-21-11-13-30(35-17-21)36-32(39)31-29(42-9-2)18-38(37-31)25-12-10-20(19(3)4)14-23(25)33/h8,10-19H,5,9H2,1-4,6-7H3,(H,35,36,39)/b26-8+. The minimum absolute atomic E-state index is 0.00887. The van der Waals surface area contributed by atoms with E-state index in [-0.39, 0.29) is 28.9 Å². The average molecular weight is 588 g/mol. The molecule has 0 aliphatic rings. The zero-order valence-corrected chi connectivity index (χ0v) is 25.0. The molecule has 2 aromatic carbocycles. The number of carbonyl (C=O) groups excluding carboxylic acids is 1. The van der Waals surface area contributed by atoms with E-state index in [1.54, 1.807) is 50.4 Å². The molecule has 10 nitrogen and oxygen atoms in total. The van der Waals surface area contributed by atoms with Gasteiger partial charge in [-0.2, -0.15) is 5.10 Å². The molecule has 0 unspecified atom stereocenters. The fourth-order valence-corrected chi connectivity index (χ4v) is 4.25. The van der Waals surface area contributed by atoms with Gasteiger partial charge in [0.15, 0.2) is 22.9 Å². The number of aromatic nitrogens is 3. The van der Waals surface area contributed by atoms with Gasteiger partial charge < -0.3 is 24.3 Å². The van der Waals surface area contributed by atoms with Crippen LogP contribution in [0.1, 0.15) is 55.2 Å². The largest absolute Gasteiger partial charge is 0.493 e. The normalized spacial score (nSPS) is 11.3. The second-order valence-electron chi connectivity index (χ2n) is 9.56. The van der Waals surface area contributed by atoms with Gasteiger partial charge in [-0.3, -0.25) is 9.79 Å². The lowest BCUT2D eigenvalue weighted by Crippen LogP contribution is -2.15. The Hall–Kier alpha value is -5.19. The van der Waals surface area contributed by atoms with Crippen LogP contribution >= 0.6 is 0 Å². The quantitative estimate of drug-likeness (QED) is 0.141. The maximum absolute atomic E-state index is 14.9. The molecule has 0 saturated carbocycles. The molecule has 0 bridgehead atoms. The second kappa shape index (κ2) is 13.6. The van der Waals surface area contributed by atoms with E-state index < -0.39 is 11.7 Å². The lowest BCUT2D eigenvalue weighted by Gasteiger charge is -2.15. The number of pyridine rings is 1. The molecule has 43 heavy (non-hydrogen) atoms. The van der Waals surface area contributed by atoms with Crippen molar-refractivity contribution in [2.75, 3.05) is 26.1 Å². The molecule has 4 aromatic rings. The topological polar surface area (TPSA) is 109 Å². The van der Waals surface area contributed by atoms with Gasteiger partial charge in [-0.1, -0.05) is 19.9 Å². The van der Waals surface area contributed by atoms with Crippen molar-refractivity contribution in [3.63, 3.8) is 0 Å². The fraction of sp³-hybridized carbons (Fsp3) is 0.250. The number of aliphatic imine (C=N–C) groups is 1. The highest BCUT2D eigenvalue weighted by Gasteiger charge is 2.21. The van der Waals surface area contributed by atoms with E-state index in [0.29, 0.717) is 40.9 Å². The van der Waals surface area contributed by atoms with Crippen LogP contribution in [0, 0.1) is 5.82 Å². The van der Waals surface area contributed by atoms with Crippen LogP contribution in [0.3, 0.4) is 0 Å². The predicted molar refractivity (Wildman–Crippen MR) is 164 cm³/mol. The highest BCUT2D eigenvalue weighted by atomic mass is 19.1. The van der Waals surface area contributed by atoms with Crippen LogP contribution in [0.15, 0.2) is 65.9 Å². The number of allylic oxidation sites excluding steroid dienone is 1. The second-order valence-corrected chi connectivity index (χ2v) is 9.56. The monoisotopic (exact) mass is 587 g/mol. The summed E-state index contributed by atoms with van der Waals surface area (Å²) in [5.41, 5.74) is 2.24. The van der Waals surface area contributed by atoms with Crippen molar-refractivity contribution in [1.82, 2.24) is 14.8 Å². The number of amides is 1. The van der Waals surface area contributed by atoms with Crippen molar-refractivity contribution < 1.29 is 28.1 Å². The number of nitrogens with one attached hydrogen (secondary N) is 1. The fourth-order valence-electron chi connectivity index (χ4n) is 4.25. The van der Waals surface area contributed by atoms with Crippen LogP contribution in [0.2, 0.25) is 0 Å². The molecule has 224 valence electrons. The third kappa shape index (κ3) is 6.83. The van der Waals surface area contributed by atoms with Crippen molar-refractivity contribution >= 4 is 29.9 Å². The van der Waals surface area contributed by atoms with Crippen LogP contribution in [-0.2, 0) is 0 Å². The lowest BCUT2D eigenvalue weighted by atomic mass is 10.0. The van der Waals surface area contributed by atoms with Crippen molar-refractivity contribution in [2.24, 2.45) is 4.99 Å². The zero-order valence-electron chi connectivity index (χ0n) is 25.0. The number of ether oxygens (including phenoxy) is 4. The molecular formula is C32H34FN5O5. The van der Waals surface area contributed by atoms with Gasteiger partial charge in [0, 0.05) is 11.6 Å². The summed E-state index contributed by atoms with van der Waals surface area (Å²) in [6.45, 7) is 11.5. The van der Waals surface area contributed by atoms with Gasteiger partial charge in [0.2, 0.25) is 0 Å². The number of carbonyl (C=O) groups is 1. The Bertz CT molecular complexity index is 1650. The van der Waals surface area contributed by atoms with E-state index in [9.17, 15) is 9.18 Å². The third-order valence-corrected chi connectivity index (χ3v) is 6.49. The number of nitrogens with zero attached hydrogens (tertiary/aromatic N) is 4. The molecule has 0 spiro atoms. The highest BCUT2D eigenvalue weighted by molar-refractivity contribution is 6.04. The predicted octanol–water partition coefficient (Wildman–Crippen LogP) is 6.97. The summed E-state index contributed by atoms with van der Waals surface area (Å²) in [5.74, 6) is 1.54. The molecule has 1 amide bonds. The van der Waals surface area contributed by atoms with Crippen LogP contribution in [0.5, 0.6) is 23.0 Å². The van der Waals surface area contributed by atoms with Gasteiger partial charge in [-0.15, -0.1) is 0 Å². The molecule has 11 heteroatoms. The zero-order chi connectivity index (χ0) is 31.1. The number of hydrogen-bond donors (Lipinski definition) is 1. The smallest absolute Gasteiger partial charge is 0.281 e. The molecule has 4 rings (SSSR count). The Labute approximate surface area is 249 Å². The molecule has 0 atom stereocenters. The molecule has 2 heterocycles. The molecular weight excluding hydrogens is 553 g/mol. The first-order valence-corrected chi connectivity index (χ1v) is 13.6. The van der Waals surface area contributed by atoms with Crippen LogP contribution in [0.25, 0.3) is 11.4 Å². The van der Waals surface area contributed by atoms with Crippen molar-refractivity contribution in [2.45, 2.75) is 33.6 Å². The van der Waals surface area contributed by atoms with E-state index in [1.807, 2.05) is 26.8 Å². The van der Waals surface area contributed by atoms with E-state index in [4.69, 9.17) is 18.9 Å². The number of methoxy groups -OCH3 is 2. The molecule has 0 radical (unpaired) electrons. The molecule has 0 fully saturated rings. The van der Waals surface area contributed by atoms with Crippen LogP contribution < -0.4 is 24.3 Å². The van der Waals surface area contributed by atoms with Crippen LogP contribution in [0.4, 0.5) is 15.9 Å². The first-order valence-electron chi connectivity index (χ1n) is 13.6. The Morgan fingerprint density at radius 1 is 1.12 bits per heavy atom. The molecule has 1 N–H and O–H groups in total. The van der Waals surface area contributed by atoms with E-state index >= 15 is 0 Å². The molecule has 0 aliphatic heterocycles. The maximum atomic E-state index is 14.9. The van der Waals surface area contributed by atoms with Crippen molar-refractivity contribution in [1.29, 1.82) is 0 Å². The molecule has 0 saturated heterocycles. The summed E-state index contributed by atoms with van der Waals surface area (Å²) in [7, 11) is 3.08. The number of benzene rings is 2. The Kier molecular flexibility index (Phi) is 9.76. The van der Waals surface area contributed by atoms with Gasteiger partial charge in [-0.05, 0) is 68.5 Å². The van der Waals surface area contributed by atoms with E-state index in [1.165, 1.54) is 30.3 Å². The summed E-state index contributed by atoms with van der Waals surface area (Å²) in [4.78, 5) is 21.6. The lowest BCUT2D eigenvalue weighted by molar-refractivity contribution is 0.101. The number of anilines is 1. The first-order chi connectivity index (χ1) is 20.7. The van der Waals surface area contributed by atoms with Gasteiger partial charge >= 0.3 is 0 Å². The minimum Gasteiger partial charge on any atom is -0.493 e. The Morgan fingerprint density at radius 3 is 2.44 bits per heavy atom. The number of rotatable bonds is 12. The van der Waals surface area contributed by atoms with Gasteiger partial charge in [0.05, 0.1) is 38.9 Å². The Balaban J connectivity index is 1.53. The van der Waals surface area contributed by atoms with E-state index in [2.05, 4.69) is 27.1 Å². The van der Waals surface area contributed by atoms with Crippen molar-refractivity contribution in [3.8, 4) is 28.7 Å². The van der Waals surface area contributed by atoms with Crippen molar-refractivity contribution in [3.05, 3.63) is 83.6 Å². The third-order valence-electron chi connectivity index (χ3n) is 6.49. The average Bonchev–Trinajstić information content (AvgIpc) is 3.43. The minimum atomic E-state index is -0.566. The molecule has 2 aromatic heterocycles. The Morgan fingerprint density at radius 2 is 1.86 bits per heavy atom. The summed E-state index contributed by atoms with van der Waals surface area (Å²) >= 11 is 0.